The summed E-state index contributed by atoms with van der Waals surface area (Å²) in [7, 11) is 5.74. The van der Waals surface area contributed by atoms with Crippen LogP contribution in [0.5, 0.6) is 0 Å². The molecule has 0 aliphatic carbocycles. The van der Waals surface area contributed by atoms with Crippen molar-refractivity contribution >= 4 is 26.2 Å². The molecule has 0 saturated carbocycles. The molecule has 0 radical (unpaired) electrons. The van der Waals surface area contributed by atoms with Crippen LogP contribution in [0.4, 0.5) is 0 Å². The van der Waals surface area contributed by atoms with E-state index in [-0.39, 0.29) is 0 Å². The Bertz CT molecular complexity index is 63.3. The fraction of sp³-hybridized carbons (Fsp3) is 1.00. The van der Waals surface area contributed by atoms with Gasteiger partial charge in [-0.3, -0.25) is 0 Å². The first-order valence-corrected chi connectivity index (χ1v) is 16.1. The van der Waals surface area contributed by atoms with Crippen molar-refractivity contribution in [2.45, 2.75) is 27.7 Å². The summed E-state index contributed by atoms with van der Waals surface area (Å²) in [4.78, 5) is 6.49. The molecule has 0 fully saturated rings. The Kier molecular flexibility index (Phi) is 12.0. The molecule has 0 bridgehead atoms. The summed E-state index contributed by atoms with van der Waals surface area (Å²) in [5.74, 6) is 0. The molecule has 0 amide bonds. The zero-order chi connectivity index (χ0) is 9.33. The third kappa shape index (κ3) is 55.6. The van der Waals surface area contributed by atoms with Crippen molar-refractivity contribution in [1.82, 2.24) is 0 Å². The molecule has 0 aliphatic rings. The van der Waals surface area contributed by atoms with E-state index in [4.69, 9.17) is 20.4 Å². The monoisotopic (exact) mass is 287 g/mol. The third-order valence-corrected chi connectivity index (χ3v) is 0.631. The van der Waals surface area contributed by atoms with Gasteiger partial charge in [-0.25, -0.2) is 0 Å². The smallest absolute Gasteiger partial charge is 0.00779 e. The Labute approximate surface area is 78.3 Å². The molecule has 4 heteroatoms. The molecule has 0 rings (SSSR count). The zero-order valence-corrected chi connectivity index (χ0v) is 11.4. The van der Waals surface area contributed by atoms with Crippen LogP contribution in [-0.4, -0.2) is 30.3 Å². The largest absolute Gasteiger partial charge is 0.677 e. The number of rotatable bonds is 3. The predicted molar refractivity (Wildman–Crippen MR) is 56.7 cm³/mol. The van der Waals surface area contributed by atoms with Crippen molar-refractivity contribution < 1.29 is 0 Å². The van der Waals surface area contributed by atoms with Crippen molar-refractivity contribution in [2.24, 2.45) is 5.73 Å². The molecule has 0 aromatic carbocycles. The molecule has 0 aliphatic heterocycles. The molecule has 0 aromatic rings. The molecule has 0 saturated heterocycles. The average molecular weight is 286 g/mol. The number of halogens is 1. The maximum Gasteiger partial charge on any atom is -0.00779 e. The second kappa shape index (κ2) is 9.10. The Balaban J connectivity index is 0. The summed E-state index contributed by atoms with van der Waals surface area (Å²) in [6.07, 6.45) is 1.96. The van der Waals surface area contributed by atoms with Crippen molar-refractivity contribution in [3.05, 3.63) is 5.73 Å². The van der Waals surface area contributed by atoms with Crippen LogP contribution in [0.25, 0.3) is 5.73 Å². The maximum absolute atomic E-state index is 6.65. The third-order valence-electron chi connectivity index (χ3n) is 0.631. The van der Waals surface area contributed by atoms with Gasteiger partial charge in [0.25, 0.3) is 0 Å². The molecule has 2 nitrogen and oxygen atoms in total. The van der Waals surface area contributed by atoms with E-state index in [0.29, 0.717) is 6.54 Å². The molecule has 3 N–H and O–H groups in total. The van der Waals surface area contributed by atoms with E-state index in [0.717, 1.165) is 19.4 Å². The van der Waals surface area contributed by atoms with Crippen LogP contribution >= 0.6 is 8.92 Å². The quantitative estimate of drug-likeness (QED) is 0.629. The summed E-state index contributed by atoms with van der Waals surface area (Å²) < 4.78 is 0. The molecule has 0 spiro atoms. The number of unbranched alkanes of at least 4 members (excludes halogenated alkanes) is 1. The second-order valence-corrected chi connectivity index (χ2v) is 22.7. The predicted octanol–water partition coefficient (Wildman–Crippen LogP) is 2.84. The van der Waals surface area contributed by atoms with Crippen LogP contribution < -0.4 is 5.73 Å². The van der Waals surface area contributed by atoms with Gasteiger partial charge in [0.15, 0.2) is 0 Å². The van der Waals surface area contributed by atoms with Gasteiger partial charge >= 0.3 is 41.0 Å². The molecule has 0 aromatic heterocycles. The van der Waals surface area contributed by atoms with Gasteiger partial charge < -0.3 is 11.5 Å². The minimum atomic E-state index is -1.71. The van der Waals surface area contributed by atoms with Gasteiger partial charge in [-0.15, -0.1) is 0 Å². The number of nitrogens with two attached hydrogens (primary N) is 1. The average Bonchev–Trinajstić information content (AvgIpc) is 1.79. The summed E-state index contributed by atoms with van der Waals surface area (Å²) in [6, 6.07) is 0. The number of hydrogen-bond acceptors (Lipinski definition) is 1. The molecule has 70 valence electrons. The van der Waals surface area contributed by atoms with E-state index in [9.17, 15) is 0 Å². The second-order valence-electron chi connectivity index (χ2n) is 3.31. The SMILES string of the molecule is [CH3][Sn]([CH3])([CH3])[Cl].[NH-]CCCCN. The van der Waals surface area contributed by atoms with Gasteiger partial charge in [-0.2, -0.15) is 6.54 Å². The van der Waals surface area contributed by atoms with Crippen molar-refractivity contribution in [3.8, 4) is 0 Å². The van der Waals surface area contributed by atoms with Crippen LogP contribution in [0.2, 0.25) is 14.8 Å². The zero-order valence-electron chi connectivity index (χ0n) is 7.78. The van der Waals surface area contributed by atoms with Crippen LogP contribution in [-0.2, 0) is 0 Å². The molecular weight excluding hydrogens is 266 g/mol. The van der Waals surface area contributed by atoms with Crippen LogP contribution in [0.1, 0.15) is 12.8 Å². The summed E-state index contributed by atoms with van der Waals surface area (Å²) in [6.45, 7) is 1.26. The Hall–Kier alpha value is 1.01. The maximum atomic E-state index is 6.65. The van der Waals surface area contributed by atoms with E-state index in [1.54, 1.807) is 0 Å². The number of hydrogen-bond donors (Lipinski definition) is 1. The van der Waals surface area contributed by atoms with Gasteiger partial charge in [0.05, 0.1) is 0 Å². The van der Waals surface area contributed by atoms with Gasteiger partial charge in [-0.05, 0) is 13.0 Å². The van der Waals surface area contributed by atoms with Gasteiger partial charge in [0, 0.05) is 0 Å². The Morgan fingerprint density at radius 2 is 1.64 bits per heavy atom. The Morgan fingerprint density at radius 3 is 1.73 bits per heavy atom. The van der Waals surface area contributed by atoms with E-state index >= 15 is 0 Å². The molecule has 0 unspecified atom stereocenters. The normalized spacial score (nSPS) is 10.4. The first-order chi connectivity index (χ1) is 4.91. The first-order valence-electron chi connectivity index (χ1n) is 3.95. The van der Waals surface area contributed by atoms with E-state index in [1.807, 2.05) is 0 Å². The van der Waals surface area contributed by atoms with Gasteiger partial charge in [0.1, 0.15) is 0 Å². The summed E-state index contributed by atoms with van der Waals surface area (Å²) in [5.41, 5.74) is 11.8. The van der Waals surface area contributed by atoms with Crippen molar-refractivity contribution in [1.29, 1.82) is 0 Å². The van der Waals surface area contributed by atoms with E-state index in [1.165, 1.54) is 0 Å². The molecule has 0 atom stereocenters. The van der Waals surface area contributed by atoms with E-state index in [2.05, 4.69) is 14.8 Å². The standard InChI is InChI=1S/C4H11N2.3CH3.ClH.Sn/c5-3-1-2-4-6;;;;;/h5H,1-4,6H2;3*1H3;1H;/q-1;;;;;+1/p-1. The van der Waals surface area contributed by atoms with Crippen LogP contribution in [0.15, 0.2) is 0 Å². The van der Waals surface area contributed by atoms with Crippen LogP contribution in [0.3, 0.4) is 0 Å². The van der Waals surface area contributed by atoms with Gasteiger partial charge in [-0.1, -0.05) is 6.42 Å². The number of nitrogens with one attached hydrogen (secondary N) is 1. The Morgan fingerprint density at radius 1 is 1.27 bits per heavy atom. The minimum absolute atomic E-state index is 0.525. The minimum Gasteiger partial charge on any atom is -0.677 e. The van der Waals surface area contributed by atoms with E-state index < -0.39 is 17.3 Å². The summed E-state index contributed by atoms with van der Waals surface area (Å²) in [5, 5.41) is 0. The fourth-order valence-electron chi connectivity index (χ4n) is 0.269. The van der Waals surface area contributed by atoms with Gasteiger partial charge in [0.2, 0.25) is 0 Å². The van der Waals surface area contributed by atoms with Crippen molar-refractivity contribution in [2.75, 3.05) is 13.1 Å². The molecule has 0 heterocycles. The molecular formula is C7H20ClN2Sn-. The first kappa shape index (κ1) is 14.5. The summed E-state index contributed by atoms with van der Waals surface area (Å²) >= 11 is -1.71. The van der Waals surface area contributed by atoms with Crippen LogP contribution in [0, 0.1) is 0 Å². The molecule has 11 heavy (non-hydrogen) atoms. The van der Waals surface area contributed by atoms with Crippen molar-refractivity contribution in [3.63, 3.8) is 0 Å². The fourth-order valence-corrected chi connectivity index (χ4v) is 0.269. The topological polar surface area (TPSA) is 49.8 Å².